The summed E-state index contributed by atoms with van der Waals surface area (Å²) in [5, 5.41) is 183. The number of phenols is 16. The number of rotatable bonds is 16. The summed E-state index contributed by atoms with van der Waals surface area (Å²) in [6, 6.07) is 35.6. The van der Waals surface area contributed by atoms with Gasteiger partial charge in [-0.15, -0.1) is 0 Å². The Bertz CT molecular complexity index is 5770. The van der Waals surface area contributed by atoms with E-state index in [1.165, 1.54) is 140 Å². The molecule has 138 heavy (non-hydrogen) atoms. The summed E-state index contributed by atoms with van der Waals surface area (Å²) >= 11 is 0. The maximum Gasteiger partial charge on any atom is 0.223 e. The van der Waals surface area contributed by atoms with E-state index in [-0.39, 0.29) is 201 Å². The molecule has 8 aromatic carbocycles. The van der Waals surface area contributed by atoms with E-state index in [2.05, 4.69) is 70.5 Å². The molecule has 56 heteroatoms. The average Bonchev–Trinajstić information content (AvgIpc) is 0.866. The van der Waals surface area contributed by atoms with Crippen molar-refractivity contribution in [2.75, 3.05) is 70.5 Å². The number of aromatic hydroxyl groups is 16. The second kappa shape index (κ2) is 58.9. The largest absolute Gasteiger partial charge is 0.504 e. The van der Waals surface area contributed by atoms with Crippen molar-refractivity contribution in [3.05, 3.63) is 190 Å². The number of nitrogens with one attached hydrogen (secondary N) is 6. The molecule has 0 amide bonds. The van der Waals surface area contributed by atoms with Crippen molar-refractivity contribution in [2.24, 2.45) is 152 Å². The van der Waals surface area contributed by atoms with Gasteiger partial charge in [0.2, 0.25) is 29.8 Å². The topological polar surface area (TPSA) is 1030 Å². The van der Waals surface area contributed by atoms with Crippen LogP contribution in [0.15, 0.2) is 206 Å². The first-order chi connectivity index (χ1) is 64.5. The molecule has 8 rings (SSSR count). The van der Waals surface area contributed by atoms with Crippen molar-refractivity contribution in [3.8, 4) is 92.0 Å². The van der Waals surface area contributed by atoms with Crippen LogP contribution >= 0.6 is 0 Å². The lowest BCUT2D eigenvalue weighted by molar-refractivity contribution is 0.400. The molecule has 0 saturated carbocycles. The molecule has 0 aliphatic heterocycles. The number of nitrogens with two attached hydrogens (primary N) is 16. The Morgan fingerprint density at radius 1 is 0.283 bits per heavy atom. The van der Waals surface area contributed by atoms with E-state index in [1.807, 2.05) is 0 Å². The van der Waals surface area contributed by atoms with Gasteiger partial charge in [0.25, 0.3) is 0 Å². The minimum Gasteiger partial charge on any atom is -0.504 e. The molecule has 56 nitrogen and oxygen atoms in total. The SMILES string of the molecule is CN(C(=N)N)C(N)=NCc1ccc(O)c(O)c1.CN(Cc1ccc(O)c(O)c1)C(=N)N(C)C(=N)N.CN(Cc1ccc(O)c(O)c1)C(=N)N=C(N)N.CN=C(N)N=C(N)N(C)Cc1ccc(O)c(O)c1.CN=C(N)NC(N)=NCc1ccc(O)c(O)c1.CN=C(N=C(N)N)N(C)Cc1ccc(O)c(O)c1.CN=C(N=C(N)N)NCc1ccc(O)c(O)c1.NC(N)=NC(N)=NCc1ccc(O)c(O)c1. The van der Waals surface area contributed by atoms with Crippen LogP contribution in [0.25, 0.3) is 0 Å². The molecule has 0 heterocycles. The quantitative estimate of drug-likeness (QED) is 0.0268. The predicted molar refractivity (Wildman–Crippen MR) is 531 cm³/mol. The van der Waals surface area contributed by atoms with Gasteiger partial charge in [-0.2, -0.15) is 25.0 Å². The number of nitrogens with zero attached hydrogens (tertiary/aromatic N) is 18. The Morgan fingerprint density at radius 3 is 0.920 bits per heavy atom. The Labute approximate surface area is 792 Å². The molecule has 0 fully saturated rings. The molecule has 0 unspecified atom stereocenters. The Morgan fingerprint density at radius 2 is 0.594 bits per heavy atom. The van der Waals surface area contributed by atoms with E-state index < -0.39 is 0 Å². The Balaban J connectivity index is 0.000000789. The molecule has 0 radical (unpaired) electrons. The highest BCUT2D eigenvalue weighted by molar-refractivity contribution is 5.98. The summed E-state index contributed by atoms with van der Waals surface area (Å²) in [5.41, 5.74) is 90.9. The lowest BCUT2D eigenvalue weighted by Crippen LogP contribution is -2.45. The molecular weight excluding hydrogens is 1800 g/mol. The third-order valence-electron chi connectivity index (χ3n) is 16.9. The van der Waals surface area contributed by atoms with Crippen molar-refractivity contribution >= 4 is 95.4 Å². The van der Waals surface area contributed by atoms with E-state index >= 15 is 0 Å². The summed E-state index contributed by atoms with van der Waals surface area (Å²) in [6.07, 6.45) is 0. The van der Waals surface area contributed by atoms with Gasteiger partial charge in [0, 0.05) is 103 Å². The number of phenolic OH excluding ortho intramolecular Hbond substituents is 16. The fraction of sp³-hybridized carbons (Fsp3) is 0.220. The minimum atomic E-state index is -0.222. The normalized spacial score (nSPS) is 11.1. The van der Waals surface area contributed by atoms with Crippen molar-refractivity contribution in [1.29, 1.82) is 21.6 Å². The Hall–Kier alpha value is -19.5. The van der Waals surface area contributed by atoms with Crippen LogP contribution in [-0.2, 0) is 52.4 Å². The summed E-state index contributed by atoms with van der Waals surface area (Å²) in [5.74, 6) is -2.61. The molecular formula is C82H124N40O16. The summed E-state index contributed by atoms with van der Waals surface area (Å²) in [7, 11) is 16.0. The number of guanidine groups is 16. The monoisotopic (exact) mass is 1930 g/mol. The first-order valence-electron chi connectivity index (χ1n) is 39.3. The molecule has 0 aromatic heterocycles. The first-order valence-corrected chi connectivity index (χ1v) is 39.3. The Kier molecular flexibility index (Phi) is 49.7. The lowest BCUT2D eigenvalue weighted by Gasteiger charge is -2.26. The minimum absolute atomic E-state index is 0.0486. The zero-order valence-electron chi connectivity index (χ0n) is 77.0. The van der Waals surface area contributed by atoms with Crippen LogP contribution in [0.4, 0.5) is 0 Å². The summed E-state index contributed by atoms with van der Waals surface area (Å²) in [4.78, 5) is 54.4. The van der Waals surface area contributed by atoms with Gasteiger partial charge in [0.1, 0.15) is 0 Å². The van der Waals surface area contributed by atoms with Crippen LogP contribution < -0.4 is 102 Å². The lowest BCUT2D eigenvalue weighted by atomic mass is 10.2. The van der Waals surface area contributed by atoms with E-state index in [1.54, 1.807) is 106 Å². The van der Waals surface area contributed by atoms with E-state index in [0.717, 1.165) is 27.8 Å². The molecule has 54 N–H and O–H groups in total. The van der Waals surface area contributed by atoms with Crippen LogP contribution in [0.5, 0.6) is 92.0 Å². The predicted octanol–water partition coefficient (Wildman–Crippen LogP) is -2.58. The zero-order valence-corrected chi connectivity index (χ0v) is 77.0. The molecule has 0 saturated heterocycles. The van der Waals surface area contributed by atoms with E-state index in [9.17, 15) is 56.2 Å². The molecule has 0 atom stereocenters. The van der Waals surface area contributed by atoms with Crippen LogP contribution in [0.1, 0.15) is 44.5 Å². The summed E-state index contributed by atoms with van der Waals surface area (Å²) in [6.45, 7) is 2.60. The van der Waals surface area contributed by atoms with E-state index in [4.69, 9.17) is 139 Å². The van der Waals surface area contributed by atoms with Gasteiger partial charge in [-0.1, -0.05) is 48.5 Å². The maximum absolute atomic E-state index is 9.39. The van der Waals surface area contributed by atoms with Crippen molar-refractivity contribution in [2.45, 2.75) is 52.4 Å². The maximum atomic E-state index is 9.39. The van der Waals surface area contributed by atoms with Crippen LogP contribution in [0.3, 0.4) is 0 Å². The van der Waals surface area contributed by atoms with Crippen molar-refractivity contribution in [1.82, 2.24) is 40.0 Å². The van der Waals surface area contributed by atoms with Gasteiger partial charge in [-0.3, -0.25) is 56.7 Å². The van der Waals surface area contributed by atoms with Gasteiger partial charge in [-0.05, 0) is 142 Å². The van der Waals surface area contributed by atoms with Crippen LogP contribution in [0.2, 0.25) is 0 Å². The second-order valence-electron chi connectivity index (χ2n) is 28.0. The standard InChI is InChI=1S/3C11H17N5O2.4C10H15N5O2.C9H13N5O2/c1-14-10(12)15-11(13)16(2)6-7-3-4-8(17)9(18)5-7;1-15(11(14)16(2)10(12)13)6-7-3-4-8(17)9(18)5-7;1-14-11(15-10(12)13)16(2)6-7-3-4-8(17)9(18)5-7;1-13-9(11)15-10(12)14-5-6-2-3-7(16)8(17)4-6;1-15(10(13)14-9(11)12)5-6-2-3-7(16)8(17)4-6;1-15(9(11)12)10(13)14-5-6-2-3-7(16)8(17)4-6;1-13-10(15-9(11)12)14-5-6-2-3-7(16)8(17)4-6;10-8(11)14-9(12)13-4-5-1-2-6(15)7(16)3-5/h3-5,17-18H,6H2,1-2H3,(H4,12,13,14,15);3-5,14,17-18H,6H2,1-2H3,(H3,12,13);3-5,17-18H,6H2,1-2H3,(H4,12,13,14,15);2-4,16-17H,5H2,1H3,(H5,11,12,13,14,15);2-4,16-17H,5H2,1H3,(H5,11,12,13,14);2-4,16-17H,5H2,1H3,(H3,11,12)(H2,13,14);2-4,16-17H,5H2,1H3,(H5,11,12,13,14,15);1-3,15-16H,4H2,(H6,10,11,12,13,14). The fourth-order valence-electron chi connectivity index (χ4n) is 9.62. The molecule has 0 spiro atoms. The number of hydrogen-bond donors (Lipinski definition) is 38. The molecule has 0 aliphatic carbocycles. The molecule has 0 aliphatic rings. The molecule has 0 bridgehead atoms. The molecule has 8 aromatic rings. The highest BCUT2D eigenvalue weighted by Gasteiger charge is 2.16. The van der Waals surface area contributed by atoms with Gasteiger partial charge in [0.15, 0.2) is 158 Å². The van der Waals surface area contributed by atoms with Gasteiger partial charge in [0.05, 0.1) is 19.6 Å². The highest BCUT2D eigenvalue weighted by atomic mass is 16.3. The summed E-state index contributed by atoms with van der Waals surface area (Å²) < 4.78 is 0. The van der Waals surface area contributed by atoms with Gasteiger partial charge >= 0.3 is 0 Å². The van der Waals surface area contributed by atoms with Crippen molar-refractivity contribution < 1.29 is 81.7 Å². The number of aliphatic imine (C=N–C) groups is 12. The van der Waals surface area contributed by atoms with Gasteiger partial charge in [-0.25, -0.2) is 15.0 Å². The number of benzene rings is 8. The third kappa shape index (κ3) is 45.6. The van der Waals surface area contributed by atoms with Crippen LogP contribution in [0, 0.1) is 21.6 Å². The zero-order chi connectivity index (χ0) is 105. The fourth-order valence-corrected chi connectivity index (χ4v) is 9.62. The third-order valence-corrected chi connectivity index (χ3v) is 16.9. The van der Waals surface area contributed by atoms with Gasteiger partial charge < -0.3 is 198 Å². The number of hydrogen-bond acceptors (Lipinski definition) is 27. The first kappa shape index (κ1) is 116. The average molecular weight is 1930 g/mol. The van der Waals surface area contributed by atoms with Crippen LogP contribution in [-0.4, -0.2) is 277 Å². The molecule has 748 valence electrons. The smallest absolute Gasteiger partial charge is 0.223 e. The highest BCUT2D eigenvalue weighted by Crippen LogP contribution is 2.32. The van der Waals surface area contributed by atoms with E-state index in [0.29, 0.717) is 55.4 Å². The second-order valence-corrected chi connectivity index (χ2v) is 28.0. The van der Waals surface area contributed by atoms with Crippen molar-refractivity contribution in [3.63, 3.8) is 0 Å².